The monoisotopic (exact) mass is 290 g/mol. The number of pyridine rings is 1. The van der Waals surface area contributed by atoms with Crippen molar-refractivity contribution >= 4 is 29.0 Å². The van der Waals surface area contributed by atoms with Gasteiger partial charge in [-0.05, 0) is 36.8 Å². The van der Waals surface area contributed by atoms with Crippen molar-refractivity contribution in [3.8, 4) is 0 Å². The van der Waals surface area contributed by atoms with E-state index in [0.29, 0.717) is 10.8 Å². The Balaban J connectivity index is 2.05. The molecule has 0 bridgehead atoms. The third-order valence-electron chi connectivity index (χ3n) is 2.79. The molecule has 104 valence electrons. The molecule has 0 saturated heterocycles. The fraction of sp³-hybridized carbons (Fsp3) is 0.143. The number of carbonyl (C=O) groups excluding carboxylic acids is 1. The largest absolute Gasteiger partial charge is 0.378 e. The lowest BCUT2D eigenvalue weighted by Gasteiger charge is -2.16. The smallest absolute Gasteiger partial charge is 0.316 e. The number of nitrogens with zero attached hydrogens (tertiary/aromatic N) is 1. The SMILES string of the molecule is CC(Nc1ccnc(Cl)c1)c1ccc(NC(N)=O)cc1. The molecule has 0 aliphatic carbocycles. The van der Waals surface area contributed by atoms with Gasteiger partial charge in [-0.3, -0.25) is 0 Å². The molecule has 0 saturated carbocycles. The molecule has 20 heavy (non-hydrogen) atoms. The van der Waals surface area contributed by atoms with Crippen molar-refractivity contribution in [1.82, 2.24) is 4.98 Å². The maximum atomic E-state index is 10.7. The Hall–Kier alpha value is -2.27. The van der Waals surface area contributed by atoms with E-state index in [9.17, 15) is 4.79 Å². The summed E-state index contributed by atoms with van der Waals surface area (Å²) in [6.07, 6.45) is 1.65. The molecule has 0 radical (unpaired) electrons. The van der Waals surface area contributed by atoms with Crippen LogP contribution in [0, 0.1) is 0 Å². The highest BCUT2D eigenvalue weighted by molar-refractivity contribution is 6.29. The van der Waals surface area contributed by atoms with Gasteiger partial charge < -0.3 is 16.4 Å². The van der Waals surface area contributed by atoms with Gasteiger partial charge in [0.15, 0.2) is 0 Å². The summed E-state index contributed by atoms with van der Waals surface area (Å²) >= 11 is 5.84. The quantitative estimate of drug-likeness (QED) is 0.755. The van der Waals surface area contributed by atoms with Gasteiger partial charge in [0.2, 0.25) is 0 Å². The van der Waals surface area contributed by atoms with Gasteiger partial charge in [0, 0.05) is 23.6 Å². The molecular weight excluding hydrogens is 276 g/mol. The molecule has 6 heteroatoms. The first-order chi connectivity index (χ1) is 9.54. The molecule has 0 aliphatic rings. The average Bonchev–Trinajstić information content (AvgIpc) is 2.38. The lowest BCUT2D eigenvalue weighted by Crippen LogP contribution is -2.19. The second-order valence-corrected chi connectivity index (χ2v) is 4.73. The minimum absolute atomic E-state index is 0.0936. The molecule has 4 N–H and O–H groups in total. The molecule has 0 spiro atoms. The minimum atomic E-state index is -0.574. The zero-order valence-electron chi connectivity index (χ0n) is 10.9. The predicted octanol–water partition coefficient (Wildman–Crippen LogP) is 3.40. The van der Waals surface area contributed by atoms with E-state index < -0.39 is 6.03 Å². The van der Waals surface area contributed by atoms with Crippen LogP contribution >= 0.6 is 11.6 Å². The first kappa shape index (κ1) is 14.1. The Kier molecular flexibility index (Phi) is 4.42. The van der Waals surface area contributed by atoms with Gasteiger partial charge in [-0.15, -0.1) is 0 Å². The Morgan fingerprint density at radius 3 is 2.55 bits per heavy atom. The number of primary amides is 1. The van der Waals surface area contributed by atoms with E-state index in [2.05, 4.69) is 15.6 Å². The van der Waals surface area contributed by atoms with Gasteiger partial charge >= 0.3 is 6.03 Å². The zero-order chi connectivity index (χ0) is 14.5. The van der Waals surface area contributed by atoms with Gasteiger partial charge in [-0.1, -0.05) is 23.7 Å². The summed E-state index contributed by atoms with van der Waals surface area (Å²) in [6.45, 7) is 2.03. The van der Waals surface area contributed by atoms with E-state index in [-0.39, 0.29) is 6.04 Å². The van der Waals surface area contributed by atoms with Crippen molar-refractivity contribution in [2.24, 2.45) is 5.73 Å². The number of amides is 2. The van der Waals surface area contributed by atoms with Crippen LogP contribution in [0.2, 0.25) is 5.15 Å². The second-order valence-electron chi connectivity index (χ2n) is 4.34. The standard InChI is InChI=1S/C14H15ClN4O/c1-9(18-12-6-7-17-13(15)8-12)10-2-4-11(5-3-10)19-14(16)20/h2-9H,1H3,(H,17,18)(H3,16,19,20). The minimum Gasteiger partial charge on any atom is -0.378 e. The van der Waals surface area contributed by atoms with Crippen molar-refractivity contribution < 1.29 is 4.79 Å². The number of hydrogen-bond donors (Lipinski definition) is 3. The molecule has 2 rings (SSSR count). The van der Waals surface area contributed by atoms with E-state index in [1.54, 1.807) is 24.4 Å². The van der Waals surface area contributed by atoms with Crippen LogP contribution in [0.1, 0.15) is 18.5 Å². The molecule has 1 aromatic heterocycles. The lowest BCUT2D eigenvalue weighted by atomic mass is 10.1. The van der Waals surface area contributed by atoms with E-state index in [4.69, 9.17) is 17.3 Å². The number of hydrogen-bond acceptors (Lipinski definition) is 3. The summed E-state index contributed by atoms with van der Waals surface area (Å²) in [5.41, 5.74) is 7.70. The Morgan fingerprint density at radius 2 is 1.95 bits per heavy atom. The lowest BCUT2D eigenvalue weighted by molar-refractivity contribution is 0.259. The van der Waals surface area contributed by atoms with Gasteiger partial charge in [-0.2, -0.15) is 0 Å². The van der Waals surface area contributed by atoms with Gasteiger partial charge in [0.05, 0.1) is 0 Å². The Labute approximate surface area is 122 Å². The van der Waals surface area contributed by atoms with Crippen molar-refractivity contribution in [2.75, 3.05) is 10.6 Å². The van der Waals surface area contributed by atoms with Gasteiger partial charge in [0.1, 0.15) is 5.15 Å². The molecule has 1 heterocycles. The first-order valence-corrected chi connectivity index (χ1v) is 6.47. The number of aromatic nitrogens is 1. The average molecular weight is 291 g/mol. The number of benzene rings is 1. The highest BCUT2D eigenvalue weighted by atomic mass is 35.5. The second kappa shape index (κ2) is 6.25. The highest BCUT2D eigenvalue weighted by Crippen LogP contribution is 2.21. The number of nitrogens with two attached hydrogens (primary N) is 1. The number of nitrogens with one attached hydrogen (secondary N) is 2. The Bertz CT molecular complexity index is 600. The van der Waals surface area contributed by atoms with Crippen LogP contribution in [0.5, 0.6) is 0 Å². The molecule has 5 nitrogen and oxygen atoms in total. The van der Waals surface area contributed by atoms with E-state index in [1.165, 1.54) is 0 Å². The fourth-order valence-corrected chi connectivity index (χ4v) is 2.00. The number of halogens is 1. The summed E-state index contributed by atoms with van der Waals surface area (Å²) in [4.78, 5) is 14.7. The number of anilines is 2. The molecule has 2 amide bonds. The molecule has 2 aromatic rings. The Morgan fingerprint density at radius 1 is 1.25 bits per heavy atom. The summed E-state index contributed by atoms with van der Waals surface area (Å²) in [5.74, 6) is 0. The van der Waals surface area contributed by atoms with Crippen LogP contribution in [0.25, 0.3) is 0 Å². The van der Waals surface area contributed by atoms with Crippen molar-refractivity contribution in [3.63, 3.8) is 0 Å². The van der Waals surface area contributed by atoms with E-state index in [1.807, 2.05) is 25.1 Å². The zero-order valence-corrected chi connectivity index (χ0v) is 11.7. The maximum Gasteiger partial charge on any atom is 0.316 e. The van der Waals surface area contributed by atoms with Gasteiger partial charge in [-0.25, -0.2) is 9.78 Å². The van der Waals surface area contributed by atoms with E-state index in [0.717, 1.165) is 11.3 Å². The molecular formula is C14H15ClN4O. The summed E-state index contributed by atoms with van der Waals surface area (Å²) in [7, 11) is 0. The fourth-order valence-electron chi connectivity index (χ4n) is 1.82. The molecule has 0 fully saturated rings. The summed E-state index contributed by atoms with van der Waals surface area (Å²) < 4.78 is 0. The molecule has 1 aromatic carbocycles. The third kappa shape index (κ3) is 3.86. The van der Waals surface area contributed by atoms with Crippen LogP contribution in [0.4, 0.5) is 16.2 Å². The van der Waals surface area contributed by atoms with Crippen LogP contribution in [0.3, 0.4) is 0 Å². The van der Waals surface area contributed by atoms with Crippen molar-refractivity contribution in [1.29, 1.82) is 0 Å². The topological polar surface area (TPSA) is 80.0 Å². The third-order valence-corrected chi connectivity index (χ3v) is 2.99. The number of rotatable bonds is 4. The van der Waals surface area contributed by atoms with Crippen LogP contribution in [-0.4, -0.2) is 11.0 Å². The number of urea groups is 1. The summed E-state index contributed by atoms with van der Waals surface area (Å²) in [5, 5.41) is 6.29. The van der Waals surface area contributed by atoms with Crippen LogP contribution < -0.4 is 16.4 Å². The maximum absolute atomic E-state index is 10.7. The molecule has 0 aliphatic heterocycles. The van der Waals surface area contributed by atoms with Crippen molar-refractivity contribution in [3.05, 3.63) is 53.3 Å². The molecule has 1 atom stereocenters. The van der Waals surface area contributed by atoms with E-state index >= 15 is 0 Å². The van der Waals surface area contributed by atoms with Crippen LogP contribution in [0.15, 0.2) is 42.6 Å². The number of carbonyl (C=O) groups is 1. The van der Waals surface area contributed by atoms with Crippen LogP contribution in [-0.2, 0) is 0 Å². The first-order valence-electron chi connectivity index (χ1n) is 6.09. The van der Waals surface area contributed by atoms with Gasteiger partial charge in [0.25, 0.3) is 0 Å². The normalized spacial score (nSPS) is 11.7. The van der Waals surface area contributed by atoms with Crippen molar-refractivity contribution in [2.45, 2.75) is 13.0 Å². The predicted molar refractivity (Wildman–Crippen MR) is 80.9 cm³/mol. The molecule has 1 unspecified atom stereocenters. The highest BCUT2D eigenvalue weighted by Gasteiger charge is 2.06. The summed E-state index contributed by atoms with van der Waals surface area (Å²) in [6, 6.07) is 10.6.